The van der Waals surface area contributed by atoms with Crippen LogP contribution in [-0.2, 0) is 9.53 Å². The van der Waals surface area contributed by atoms with Crippen molar-refractivity contribution in [3.63, 3.8) is 0 Å². The van der Waals surface area contributed by atoms with E-state index in [0.29, 0.717) is 11.8 Å². The molecular formula is C11H22N2O2. The fourth-order valence-electron chi connectivity index (χ4n) is 2.45. The molecule has 0 aromatic carbocycles. The number of nitrogens with one attached hydrogen (secondary N) is 1. The summed E-state index contributed by atoms with van der Waals surface area (Å²) >= 11 is 0. The Bertz CT molecular complexity index is 211. The number of hydrogen-bond acceptors (Lipinski definition) is 3. The van der Waals surface area contributed by atoms with E-state index in [-0.39, 0.29) is 12.0 Å². The maximum absolute atomic E-state index is 11.2. The van der Waals surface area contributed by atoms with Crippen LogP contribution in [0.2, 0.25) is 0 Å². The summed E-state index contributed by atoms with van der Waals surface area (Å²) in [6, 6.07) is 0. The van der Waals surface area contributed by atoms with Crippen molar-refractivity contribution in [3.8, 4) is 0 Å². The lowest BCUT2D eigenvalue weighted by atomic mass is 9.82. The number of hydrazine groups is 1. The van der Waals surface area contributed by atoms with Crippen LogP contribution < -0.4 is 11.3 Å². The Kier molecular flexibility index (Phi) is 4.54. The Morgan fingerprint density at radius 3 is 2.33 bits per heavy atom. The van der Waals surface area contributed by atoms with Crippen LogP contribution in [0.4, 0.5) is 0 Å². The molecule has 15 heavy (non-hydrogen) atoms. The van der Waals surface area contributed by atoms with Crippen molar-refractivity contribution in [2.24, 2.45) is 17.7 Å². The van der Waals surface area contributed by atoms with Gasteiger partial charge < -0.3 is 4.74 Å². The zero-order valence-corrected chi connectivity index (χ0v) is 9.82. The lowest BCUT2D eigenvalue weighted by molar-refractivity contribution is -0.138. The van der Waals surface area contributed by atoms with Gasteiger partial charge >= 0.3 is 0 Å². The highest BCUT2D eigenvalue weighted by Gasteiger charge is 2.27. The highest BCUT2D eigenvalue weighted by molar-refractivity contribution is 5.79. The van der Waals surface area contributed by atoms with Gasteiger partial charge in [-0.15, -0.1) is 0 Å². The van der Waals surface area contributed by atoms with Crippen LogP contribution in [0.1, 0.15) is 40.0 Å². The molecule has 3 N–H and O–H groups in total. The van der Waals surface area contributed by atoms with Gasteiger partial charge in [-0.3, -0.25) is 10.2 Å². The molecule has 3 unspecified atom stereocenters. The molecule has 0 bridgehead atoms. The molecule has 0 aromatic rings. The molecule has 88 valence electrons. The highest BCUT2D eigenvalue weighted by Crippen LogP contribution is 2.30. The molecule has 0 heterocycles. The first-order chi connectivity index (χ1) is 7.02. The van der Waals surface area contributed by atoms with E-state index in [1.807, 2.05) is 0 Å². The van der Waals surface area contributed by atoms with Gasteiger partial charge in [0.05, 0.1) is 6.10 Å². The fraction of sp³-hybridized carbons (Fsp3) is 0.909. The average Bonchev–Trinajstić information content (AvgIpc) is 2.14. The minimum atomic E-state index is -0.447. The van der Waals surface area contributed by atoms with Crippen LogP contribution in [0.3, 0.4) is 0 Å². The van der Waals surface area contributed by atoms with Crippen LogP contribution in [-0.4, -0.2) is 18.1 Å². The number of nitrogens with two attached hydrogens (primary N) is 1. The third-order valence-electron chi connectivity index (χ3n) is 3.04. The van der Waals surface area contributed by atoms with Crippen molar-refractivity contribution in [2.45, 2.75) is 52.2 Å². The van der Waals surface area contributed by atoms with Gasteiger partial charge in [-0.25, -0.2) is 5.84 Å². The first-order valence-electron chi connectivity index (χ1n) is 5.68. The molecule has 4 heteroatoms. The normalized spacial score (nSPS) is 33.5. The number of ether oxygens (including phenoxy) is 1. The molecule has 1 aliphatic rings. The van der Waals surface area contributed by atoms with E-state index >= 15 is 0 Å². The van der Waals surface area contributed by atoms with Crippen LogP contribution in [0, 0.1) is 11.8 Å². The number of carbonyl (C=O) groups excluding carboxylic acids is 1. The summed E-state index contributed by atoms with van der Waals surface area (Å²) in [7, 11) is 0. The van der Waals surface area contributed by atoms with Crippen molar-refractivity contribution >= 4 is 5.91 Å². The number of rotatable bonds is 3. The van der Waals surface area contributed by atoms with Crippen molar-refractivity contribution in [1.82, 2.24) is 5.43 Å². The van der Waals surface area contributed by atoms with Crippen molar-refractivity contribution in [3.05, 3.63) is 0 Å². The lowest BCUT2D eigenvalue weighted by Crippen LogP contribution is -2.41. The second kappa shape index (κ2) is 5.47. The minimum Gasteiger partial charge on any atom is -0.365 e. The van der Waals surface area contributed by atoms with Crippen LogP contribution in [0.5, 0.6) is 0 Å². The van der Waals surface area contributed by atoms with Gasteiger partial charge in [-0.2, -0.15) is 0 Å². The van der Waals surface area contributed by atoms with E-state index in [1.54, 1.807) is 6.92 Å². The lowest BCUT2D eigenvalue weighted by Gasteiger charge is -2.32. The Labute approximate surface area is 91.5 Å². The molecule has 0 aromatic heterocycles. The molecule has 1 aliphatic carbocycles. The summed E-state index contributed by atoms with van der Waals surface area (Å²) in [4.78, 5) is 11.2. The Morgan fingerprint density at radius 2 is 1.87 bits per heavy atom. The molecule has 3 atom stereocenters. The summed E-state index contributed by atoms with van der Waals surface area (Å²) in [6.45, 7) is 6.21. The largest absolute Gasteiger partial charge is 0.365 e. The molecule has 1 amide bonds. The number of hydrogen-bond donors (Lipinski definition) is 2. The Morgan fingerprint density at radius 1 is 1.33 bits per heavy atom. The van der Waals surface area contributed by atoms with Crippen LogP contribution in [0.15, 0.2) is 0 Å². The van der Waals surface area contributed by atoms with Crippen LogP contribution in [0.25, 0.3) is 0 Å². The molecule has 0 spiro atoms. The second-order valence-corrected chi connectivity index (χ2v) is 4.83. The maximum atomic E-state index is 11.2. The summed E-state index contributed by atoms with van der Waals surface area (Å²) in [5.41, 5.74) is 2.11. The monoisotopic (exact) mass is 214 g/mol. The quantitative estimate of drug-likeness (QED) is 0.421. The van der Waals surface area contributed by atoms with Crippen molar-refractivity contribution in [2.75, 3.05) is 0 Å². The van der Waals surface area contributed by atoms with Gasteiger partial charge in [0.2, 0.25) is 0 Å². The van der Waals surface area contributed by atoms with Gasteiger partial charge in [0.15, 0.2) is 0 Å². The van der Waals surface area contributed by atoms with E-state index in [1.165, 1.54) is 6.42 Å². The summed E-state index contributed by atoms with van der Waals surface area (Å²) < 4.78 is 5.69. The molecular weight excluding hydrogens is 192 g/mol. The number of amides is 1. The Balaban J connectivity index is 2.40. The van der Waals surface area contributed by atoms with E-state index in [4.69, 9.17) is 10.6 Å². The maximum Gasteiger partial charge on any atom is 0.262 e. The predicted molar refractivity (Wildman–Crippen MR) is 58.8 cm³/mol. The van der Waals surface area contributed by atoms with Crippen LogP contribution >= 0.6 is 0 Å². The molecule has 1 fully saturated rings. The standard InChI is InChI=1S/C11H22N2O2/c1-7-4-8(2)6-10(5-7)15-9(3)11(14)13-12/h7-10H,4-6,12H2,1-3H3,(H,13,14). The number of carbonyl (C=O) groups is 1. The zero-order chi connectivity index (χ0) is 11.4. The van der Waals surface area contributed by atoms with E-state index < -0.39 is 6.10 Å². The molecule has 1 saturated carbocycles. The van der Waals surface area contributed by atoms with Gasteiger partial charge in [0.1, 0.15) is 6.10 Å². The van der Waals surface area contributed by atoms with Gasteiger partial charge in [0, 0.05) is 0 Å². The smallest absolute Gasteiger partial charge is 0.262 e. The summed E-state index contributed by atoms with van der Waals surface area (Å²) in [5, 5.41) is 0. The minimum absolute atomic E-state index is 0.205. The topological polar surface area (TPSA) is 64.3 Å². The molecule has 4 nitrogen and oxygen atoms in total. The molecule has 0 aliphatic heterocycles. The van der Waals surface area contributed by atoms with E-state index in [2.05, 4.69) is 19.3 Å². The molecule has 0 saturated heterocycles. The first kappa shape index (κ1) is 12.5. The van der Waals surface area contributed by atoms with Crippen molar-refractivity contribution in [1.29, 1.82) is 0 Å². The third-order valence-corrected chi connectivity index (χ3v) is 3.04. The second-order valence-electron chi connectivity index (χ2n) is 4.83. The summed E-state index contributed by atoms with van der Waals surface area (Å²) in [6.07, 6.45) is 3.12. The van der Waals surface area contributed by atoms with E-state index in [0.717, 1.165) is 12.8 Å². The van der Waals surface area contributed by atoms with E-state index in [9.17, 15) is 4.79 Å². The van der Waals surface area contributed by atoms with Gasteiger partial charge in [0.25, 0.3) is 5.91 Å². The Hall–Kier alpha value is -0.610. The zero-order valence-electron chi connectivity index (χ0n) is 9.82. The molecule has 0 radical (unpaired) electrons. The molecule has 1 rings (SSSR count). The summed E-state index contributed by atoms with van der Waals surface area (Å²) in [5.74, 6) is 6.18. The van der Waals surface area contributed by atoms with Gasteiger partial charge in [-0.1, -0.05) is 13.8 Å². The predicted octanol–water partition coefficient (Wildman–Crippen LogP) is 1.21. The van der Waals surface area contributed by atoms with Gasteiger partial charge in [-0.05, 0) is 38.0 Å². The SMILES string of the molecule is CC1CC(C)CC(OC(C)C(=O)NN)C1. The first-order valence-corrected chi connectivity index (χ1v) is 5.68. The third kappa shape index (κ3) is 3.80. The van der Waals surface area contributed by atoms with Crippen molar-refractivity contribution < 1.29 is 9.53 Å². The average molecular weight is 214 g/mol. The highest BCUT2D eigenvalue weighted by atomic mass is 16.5. The fourth-order valence-corrected chi connectivity index (χ4v) is 2.45.